The summed E-state index contributed by atoms with van der Waals surface area (Å²) in [6, 6.07) is 5.94. The third-order valence-electron chi connectivity index (χ3n) is 1.71. The molecule has 14 heavy (non-hydrogen) atoms. The summed E-state index contributed by atoms with van der Waals surface area (Å²) in [5.74, 6) is -0.394. The zero-order valence-electron chi connectivity index (χ0n) is 7.83. The Balaban J connectivity index is 2.90. The fourth-order valence-electron chi connectivity index (χ4n) is 0.914. The zero-order valence-corrected chi connectivity index (χ0v) is 7.83. The summed E-state index contributed by atoms with van der Waals surface area (Å²) in [5, 5.41) is 8.51. The van der Waals surface area contributed by atoms with Crippen LogP contribution in [0.3, 0.4) is 0 Å². The molecular formula is C11H10FNO. The van der Waals surface area contributed by atoms with Gasteiger partial charge in [-0.1, -0.05) is 12.7 Å². The predicted octanol–water partition coefficient (Wildman–Crippen LogP) is 2.65. The molecule has 0 radical (unpaired) electrons. The highest BCUT2D eigenvalue weighted by Gasteiger charge is 2.06. The van der Waals surface area contributed by atoms with Crippen LogP contribution in [-0.4, -0.2) is 6.10 Å². The van der Waals surface area contributed by atoms with E-state index in [2.05, 4.69) is 6.58 Å². The van der Waals surface area contributed by atoms with E-state index in [-0.39, 0.29) is 17.4 Å². The van der Waals surface area contributed by atoms with Crippen LogP contribution >= 0.6 is 0 Å². The average Bonchev–Trinajstić information content (AvgIpc) is 2.20. The average molecular weight is 191 g/mol. The van der Waals surface area contributed by atoms with Crippen LogP contribution in [0.2, 0.25) is 0 Å². The van der Waals surface area contributed by atoms with E-state index in [0.717, 1.165) is 6.07 Å². The molecule has 0 spiro atoms. The molecule has 2 nitrogen and oxygen atoms in total. The Morgan fingerprint density at radius 1 is 1.64 bits per heavy atom. The van der Waals surface area contributed by atoms with Gasteiger partial charge in [-0.15, -0.1) is 0 Å². The molecule has 0 aliphatic rings. The molecule has 1 atom stereocenters. The number of nitrogens with zero attached hydrogens (tertiary/aromatic N) is 1. The molecule has 0 aliphatic carbocycles. The first kappa shape index (κ1) is 10.3. The van der Waals surface area contributed by atoms with Gasteiger partial charge in [-0.05, 0) is 25.1 Å². The smallest absolute Gasteiger partial charge is 0.166 e. The molecule has 0 saturated heterocycles. The molecule has 1 aromatic rings. The Morgan fingerprint density at radius 3 is 2.86 bits per heavy atom. The topological polar surface area (TPSA) is 33.0 Å². The van der Waals surface area contributed by atoms with Crippen LogP contribution in [0.1, 0.15) is 12.5 Å². The first-order valence-electron chi connectivity index (χ1n) is 4.16. The number of halogens is 1. The predicted molar refractivity (Wildman–Crippen MR) is 51.4 cm³/mol. The quantitative estimate of drug-likeness (QED) is 0.688. The van der Waals surface area contributed by atoms with Gasteiger partial charge in [-0.3, -0.25) is 0 Å². The Morgan fingerprint density at radius 2 is 2.36 bits per heavy atom. The summed E-state index contributed by atoms with van der Waals surface area (Å²) in [5.41, 5.74) is 0.279. The summed E-state index contributed by atoms with van der Waals surface area (Å²) in [6.07, 6.45) is 1.31. The fraction of sp³-hybridized carbons (Fsp3) is 0.182. The number of nitriles is 1. The highest BCUT2D eigenvalue weighted by Crippen LogP contribution is 2.19. The van der Waals surface area contributed by atoms with E-state index in [1.54, 1.807) is 13.0 Å². The van der Waals surface area contributed by atoms with Gasteiger partial charge in [0, 0.05) is 0 Å². The van der Waals surface area contributed by atoms with Crippen molar-refractivity contribution >= 4 is 0 Å². The van der Waals surface area contributed by atoms with Crippen molar-refractivity contribution in [2.45, 2.75) is 13.0 Å². The lowest BCUT2D eigenvalue weighted by Gasteiger charge is -2.10. The highest BCUT2D eigenvalue weighted by atomic mass is 19.1. The molecular weight excluding hydrogens is 181 g/mol. The van der Waals surface area contributed by atoms with Gasteiger partial charge in [-0.2, -0.15) is 5.26 Å². The van der Waals surface area contributed by atoms with Crippen molar-refractivity contribution in [1.29, 1.82) is 5.26 Å². The minimum absolute atomic E-state index is 0.136. The van der Waals surface area contributed by atoms with Crippen molar-refractivity contribution in [2.75, 3.05) is 0 Å². The maximum atomic E-state index is 13.2. The van der Waals surface area contributed by atoms with Crippen molar-refractivity contribution in [3.63, 3.8) is 0 Å². The molecule has 1 unspecified atom stereocenters. The van der Waals surface area contributed by atoms with Gasteiger partial charge in [-0.25, -0.2) is 4.39 Å². The van der Waals surface area contributed by atoms with Crippen LogP contribution in [0.25, 0.3) is 0 Å². The third-order valence-corrected chi connectivity index (χ3v) is 1.71. The molecule has 0 fully saturated rings. The minimum atomic E-state index is -0.530. The van der Waals surface area contributed by atoms with Crippen LogP contribution in [-0.2, 0) is 0 Å². The van der Waals surface area contributed by atoms with Crippen LogP contribution in [0.4, 0.5) is 4.39 Å². The summed E-state index contributed by atoms with van der Waals surface area (Å²) in [6.45, 7) is 5.27. The first-order valence-corrected chi connectivity index (χ1v) is 4.16. The van der Waals surface area contributed by atoms with Gasteiger partial charge in [0.15, 0.2) is 11.6 Å². The lowest BCUT2D eigenvalue weighted by molar-refractivity contribution is 0.257. The monoisotopic (exact) mass is 191 g/mol. The maximum absolute atomic E-state index is 13.2. The van der Waals surface area contributed by atoms with Crippen LogP contribution in [0.5, 0.6) is 5.75 Å². The molecule has 0 N–H and O–H groups in total. The Bertz CT molecular complexity index is 381. The molecule has 1 aromatic carbocycles. The first-order chi connectivity index (χ1) is 6.67. The lowest BCUT2D eigenvalue weighted by atomic mass is 10.2. The number of benzene rings is 1. The van der Waals surface area contributed by atoms with Crippen molar-refractivity contribution in [1.82, 2.24) is 0 Å². The molecule has 0 bridgehead atoms. The molecule has 3 heteroatoms. The van der Waals surface area contributed by atoms with Crippen LogP contribution in [0, 0.1) is 17.1 Å². The van der Waals surface area contributed by atoms with Gasteiger partial charge < -0.3 is 4.74 Å². The van der Waals surface area contributed by atoms with Crippen molar-refractivity contribution in [3.8, 4) is 11.8 Å². The second kappa shape index (κ2) is 4.43. The van der Waals surface area contributed by atoms with Gasteiger partial charge in [0.2, 0.25) is 0 Å². The van der Waals surface area contributed by atoms with Crippen LogP contribution < -0.4 is 4.74 Å². The highest BCUT2D eigenvalue weighted by molar-refractivity contribution is 5.36. The summed E-state index contributed by atoms with van der Waals surface area (Å²) in [7, 11) is 0. The van der Waals surface area contributed by atoms with E-state index in [1.807, 2.05) is 6.07 Å². The van der Waals surface area contributed by atoms with Gasteiger partial charge in [0.1, 0.15) is 6.10 Å². The number of rotatable bonds is 3. The molecule has 0 aliphatic heterocycles. The fourth-order valence-corrected chi connectivity index (χ4v) is 0.914. The van der Waals surface area contributed by atoms with E-state index in [0.29, 0.717) is 0 Å². The number of hydrogen-bond acceptors (Lipinski definition) is 2. The van der Waals surface area contributed by atoms with E-state index >= 15 is 0 Å². The Hall–Kier alpha value is -1.82. The van der Waals surface area contributed by atoms with E-state index in [4.69, 9.17) is 10.00 Å². The van der Waals surface area contributed by atoms with Crippen molar-refractivity contribution in [2.24, 2.45) is 0 Å². The summed E-state index contributed by atoms with van der Waals surface area (Å²) >= 11 is 0. The van der Waals surface area contributed by atoms with E-state index in [1.165, 1.54) is 12.1 Å². The van der Waals surface area contributed by atoms with Crippen molar-refractivity contribution < 1.29 is 9.13 Å². The normalized spacial score (nSPS) is 11.5. The standard InChI is InChI=1S/C11H10FNO/c1-3-8(2)14-11-5-4-9(7-13)6-10(11)12/h3-6,8H,1H2,2H3. The zero-order chi connectivity index (χ0) is 10.6. The minimum Gasteiger partial charge on any atom is -0.484 e. The third kappa shape index (κ3) is 2.33. The SMILES string of the molecule is C=CC(C)Oc1ccc(C#N)cc1F. The molecule has 0 heterocycles. The van der Waals surface area contributed by atoms with Gasteiger partial charge >= 0.3 is 0 Å². The van der Waals surface area contributed by atoms with E-state index < -0.39 is 5.82 Å². The maximum Gasteiger partial charge on any atom is 0.166 e. The second-order valence-electron chi connectivity index (χ2n) is 2.82. The summed E-state index contributed by atoms with van der Waals surface area (Å²) in [4.78, 5) is 0. The Kier molecular flexibility index (Phi) is 3.24. The Labute approximate surface area is 82.2 Å². The van der Waals surface area contributed by atoms with Crippen LogP contribution in [0.15, 0.2) is 30.9 Å². The largest absolute Gasteiger partial charge is 0.484 e. The van der Waals surface area contributed by atoms with E-state index in [9.17, 15) is 4.39 Å². The molecule has 72 valence electrons. The molecule has 0 amide bonds. The van der Waals surface area contributed by atoms with Crippen molar-refractivity contribution in [3.05, 3.63) is 42.2 Å². The van der Waals surface area contributed by atoms with Gasteiger partial charge in [0.25, 0.3) is 0 Å². The molecule has 0 aromatic heterocycles. The second-order valence-corrected chi connectivity index (χ2v) is 2.82. The molecule has 0 saturated carbocycles. The summed E-state index contributed by atoms with van der Waals surface area (Å²) < 4.78 is 18.4. The number of ether oxygens (including phenoxy) is 1. The van der Waals surface area contributed by atoms with Gasteiger partial charge in [0.05, 0.1) is 11.6 Å². The lowest BCUT2D eigenvalue weighted by Crippen LogP contribution is -2.08. The molecule has 1 rings (SSSR count). The number of hydrogen-bond donors (Lipinski definition) is 0.